The summed E-state index contributed by atoms with van der Waals surface area (Å²) in [4.78, 5) is 28.9. The molecule has 3 heterocycles. The molecule has 2 aromatic heterocycles. The van der Waals surface area contributed by atoms with Crippen molar-refractivity contribution < 1.29 is 9.53 Å². The number of methoxy groups -OCH3 is 1. The van der Waals surface area contributed by atoms with E-state index in [1.54, 1.807) is 28.7 Å². The van der Waals surface area contributed by atoms with Crippen LogP contribution in [0.25, 0.3) is 27.4 Å². The topological polar surface area (TPSA) is 51.0 Å². The number of rotatable bonds is 3. The lowest BCUT2D eigenvalue weighted by Gasteiger charge is -2.19. The second-order valence-corrected chi connectivity index (χ2v) is 8.24. The van der Waals surface area contributed by atoms with Gasteiger partial charge in [-0.2, -0.15) is 0 Å². The van der Waals surface area contributed by atoms with Gasteiger partial charge in [0.25, 0.3) is 11.5 Å². The van der Waals surface area contributed by atoms with Crippen molar-refractivity contribution in [3.63, 3.8) is 0 Å². The van der Waals surface area contributed by atoms with Crippen LogP contribution in [-0.4, -0.2) is 41.5 Å². The van der Waals surface area contributed by atoms with Crippen molar-refractivity contribution in [2.75, 3.05) is 20.2 Å². The molecule has 5 rings (SSSR count). The van der Waals surface area contributed by atoms with Crippen molar-refractivity contribution in [3.05, 3.63) is 87.8 Å². The largest absolute Gasteiger partial charge is 0.380 e. The fourth-order valence-corrected chi connectivity index (χ4v) is 4.52. The van der Waals surface area contributed by atoms with Gasteiger partial charge < -0.3 is 9.64 Å². The number of benzene rings is 2. The van der Waals surface area contributed by atoms with Gasteiger partial charge in [-0.1, -0.05) is 48.0 Å². The number of hydrogen-bond donors (Lipinski definition) is 0. The summed E-state index contributed by atoms with van der Waals surface area (Å²) < 4.78 is 7.01. The van der Waals surface area contributed by atoms with Gasteiger partial charge in [0.05, 0.1) is 17.2 Å². The van der Waals surface area contributed by atoms with E-state index in [1.807, 2.05) is 54.6 Å². The predicted molar refractivity (Wildman–Crippen MR) is 123 cm³/mol. The van der Waals surface area contributed by atoms with Gasteiger partial charge in [-0.15, -0.1) is 0 Å². The summed E-state index contributed by atoms with van der Waals surface area (Å²) in [5.74, 6) is -0.110. The molecule has 5 nitrogen and oxygen atoms in total. The molecule has 31 heavy (non-hydrogen) atoms. The molecule has 1 aliphatic rings. The first-order valence-electron chi connectivity index (χ1n) is 10.2. The standard InChI is InChI=1S/C25H21ClN2O3/c1-31-19-10-11-27(15-19)24(29)22-14-21(16-5-3-2-4-6-16)25(30)28-12-9-17-7-8-18(26)13-20(17)23(22)28/h2-9,12-14,19H,10-11,15H2,1H3. The van der Waals surface area contributed by atoms with Gasteiger partial charge in [0.15, 0.2) is 0 Å². The highest BCUT2D eigenvalue weighted by Gasteiger charge is 2.29. The van der Waals surface area contributed by atoms with Gasteiger partial charge in [-0.3, -0.25) is 14.0 Å². The van der Waals surface area contributed by atoms with E-state index in [-0.39, 0.29) is 17.6 Å². The van der Waals surface area contributed by atoms with Crippen molar-refractivity contribution in [3.8, 4) is 11.1 Å². The molecule has 1 fully saturated rings. The molecule has 1 amide bonds. The predicted octanol–water partition coefficient (Wildman–Crippen LogP) is 4.63. The van der Waals surface area contributed by atoms with Crippen molar-refractivity contribution >= 4 is 33.8 Å². The summed E-state index contributed by atoms with van der Waals surface area (Å²) >= 11 is 6.28. The fraction of sp³-hybridized carbons (Fsp3) is 0.200. The summed E-state index contributed by atoms with van der Waals surface area (Å²) in [6.45, 7) is 1.15. The summed E-state index contributed by atoms with van der Waals surface area (Å²) in [5, 5.41) is 2.25. The molecule has 1 saturated heterocycles. The third-order valence-corrected chi connectivity index (χ3v) is 6.22. The molecule has 0 saturated carbocycles. The minimum atomic E-state index is -0.171. The number of nitrogens with zero attached hydrogens (tertiary/aromatic N) is 2. The van der Waals surface area contributed by atoms with E-state index in [9.17, 15) is 9.59 Å². The Balaban J connectivity index is 1.82. The molecule has 2 aromatic carbocycles. The number of aromatic nitrogens is 1. The minimum absolute atomic E-state index is 0.0291. The molecule has 6 heteroatoms. The van der Waals surface area contributed by atoms with Gasteiger partial charge in [0, 0.05) is 42.4 Å². The number of hydrogen-bond acceptors (Lipinski definition) is 3. The van der Waals surface area contributed by atoms with Crippen LogP contribution < -0.4 is 5.56 Å². The first-order chi connectivity index (χ1) is 15.1. The van der Waals surface area contributed by atoms with Crippen LogP contribution >= 0.6 is 11.6 Å². The van der Waals surface area contributed by atoms with Gasteiger partial charge >= 0.3 is 0 Å². The Bertz CT molecular complexity index is 1360. The lowest BCUT2D eigenvalue weighted by atomic mass is 10.0. The lowest BCUT2D eigenvalue weighted by Crippen LogP contribution is -2.31. The smallest absolute Gasteiger partial charge is 0.263 e. The van der Waals surface area contributed by atoms with Crippen LogP contribution in [-0.2, 0) is 4.74 Å². The monoisotopic (exact) mass is 432 g/mol. The molecule has 0 N–H and O–H groups in total. The van der Waals surface area contributed by atoms with Crippen LogP contribution in [0.1, 0.15) is 16.8 Å². The number of carbonyl (C=O) groups excluding carboxylic acids is 1. The molecule has 1 unspecified atom stereocenters. The van der Waals surface area contributed by atoms with E-state index in [0.717, 1.165) is 22.8 Å². The highest BCUT2D eigenvalue weighted by atomic mass is 35.5. The maximum absolute atomic E-state index is 13.7. The Hall–Kier alpha value is -3.15. The van der Waals surface area contributed by atoms with Gasteiger partial charge in [-0.25, -0.2) is 0 Å². The van der Waals surface area contributed by atoms with Gasteiger partial charge in [0.2, 0.25) is 0 Å². The molecule has 1 atom stereocenters. The molecular weight excluding hydrogens is 412 g/mol. The van der Waals surface area contributed by atoms with Crippen LogP contribution in [0.15, 0.2) is 71.7 Å². The minimum Gasteiger partial charge on any atom is -0.380 e. The quantitative estimate of drug-likeness (QED) is 0.443. The highest BCUT2D eigenvalue weighted by Crippen LogP contribution is 2.29. The highest BCUT2D eigenvalue weighted by molar-refractivity contribution is 6.31. The normalized spacial score (nSPS) is 16.3. The van der Waals surface area contributed by atoms with Crippen molar-refractivity contribution in [1.29, 1.82) is 0 Å². The molecule has 1 aliphatic heterocycles. The molecule has 0 aliphatic carbocycles. The number of likely N-dealkylation sites (tertiary alicyclic amines) is 1. The maximum atomic E-state index is 13.7. The number of halogens is 1. The number of amides is 1. The van der Waals surface area contributed by atoms with Crippen LogP contribution in [0, 0.1) is 0 Å². The third-order valence-electron chi connectivity index (χ3n) is 5.99. The fourth-order valence-electron chi connectivity index (χ4n) is 4.35. The van der Waals surface area contributed by atoms with E-state index in [2.05, 4.69) is 0 Å². The average Bonchev–Trinajstić information content (AvgIpc) is 3.29. The summed E-state index contributed by atoms with van der Waals surface area (Å²) in [7, 11) is 1.67. The number of carbonyl (C=O) groups is 1. The SMILES string of the molecule is COC1CCN(C(=O)c2cc(-c3ccccc3)c(=O)n3ccc4ccc(Cl)cc4c23)C1. The summed E-state index contributed by atoms with van der Waals surface area (Å²) in [5.41, 5.74) is 2.16. The molecule has 0 radical (unpaired) electrons. The Morgan fingerprint density at radius 1 is 1.10 bits per heavy atom. The maximum Gasteiger partial charge on any atom is 0.263 e. The molecule has 4 aromatic rings. The van der Waals surface area contributed by atoms with E-state index < -0.39 is 0 Å². The number of fused-ring (bicyclic) bond motifs is 3. The van der Waals surface area contributed by atoms with Crippen LogP contribution in [0.4, 0.5) is 0 Å². The van der Waals surface area contributed by atoms with Crippen LogP contribution in [0.5, 0.6) is 0 Å². The second-order valence-electron chi connectivity index (χ2n) is 7.81. The number of ether oxygens (including phenoxy) is 1. The van der Waals surface area contributed by atoms with Crippen molar-refractivity contribution in [2.45, 2.75) is 12.5 Å². The Labute approximate surface area is 184 Å². The van der Waals surface area contributed by atoms with Crippen LogP contribution in [0.2, 0.25) is 5.02 Å². The van der Waals surface area contributed by atoms with Crippen molar-refractivity contribution in [2.24, 2.45) is 0 Å². The molecule has 0 bridgehead atoms. The zero-order valence-electron chi connectivity index (χ0n) is 17.0. The molecule has 0 spiro atoms. The van der Waals surface area contributed by atoms with E-state index in [1.165, 1.54) is 0 Å². The first-order valence-corrected chi connectivity index (χ1v) is 10.6. The summed E-state index contributed by atoms with van der Waals surface area (Å²) in [6.07, 6.45) is 2.56. The molecule has 156 valence electrons. The van der Waals surface area contributed by atoms with E-state index in [4.69, 9.17) is 16.3 Å². The Morgan fingerprint density at radius 3 is 2.65 bits per heavy atom. The number of pyridine rings is 2. The van der Waals surface area contributed by atoms with Gasteiger partial charge in [-0.05, 0) is 41.6 Å². The van der Waals surface area contributed by atoms with E-state index >= 15 is 0 Å². The Kier molecular flexibility index (Phi) is 5.00. The molecular formula is C25H21ClN2O3. The van der Waals surface area contributed by atoms with Crippen LogP contribution in [0.3, 0.4) is 0 Å². The van der Waals surface area contributed by atoms with Gasteiger partial charge in [0.1, 0.15) is 0 Å². The second kappa shape index (κ2) is 7.84. The zero-order valence-corrected chi connectivity index (χ0v) is 17.8. The Morgan fingerprint density at radius 2 is 1.90 bits per heavy atom. The lowest BCUT2D eigenvalue weighted by molar-refractivity contribution is 0.0725. The third kappa shape index (κ3) is 3.40. The first kappa shape index (κ1) is 19.8. The van der Waals surface area contributed by atoms with Crippen molar-refractivity contribution in [1.82, 2.24) is 9.30 Å². The average molecular weight is 433 g/mol. The zero-order chi connectivity index (χ0) is 21.5. The van der Waals surface area contributed by atoms with E-state index in [0.29, 0.717) is 34.8 Å². The summed E-state index contributed by atoms with van der Waals surface area (Å²) in [6, 6.07) is 18.6.